The van der Waals surface area contributed by atoms with E-state index in [1.54, 1.807) is 6.07 Å². The molecule has 0 aliphatic carbocycles. The van der Waals surface area contributed by atoms with Crippen molar-refractivity contribution in [1.29, 1.82) is 0 Å². The minimum absolute atomic E-state index is 0.129. The van der Waals surface area contributed by atoms with Crippen LogP contribution in [-0.2, 0) is 0 Å². The molecule has 1 amide bonds. The van der Waals surface area contributed by atoms with E-state index in [1.807, 2.05) is 32.0 Å². The zero-order chi connectivity index (χ0) is 14.0. The number of hydrogen-bond acceptors (Lipinski definition) is 2. The third-order valence-corrected chi connectivity index (χ3v) is 3.08. The molecule has 0 heterocycles. The highest BCUT2D eigenvalue weighted by molar-refractivity contribution is 6.31. The van der Waals surface area contributed by atoms with Crippen molar-refractivity contribution in [2.45, 2.75) is 13.8 Å². The molecule has 0 saturated heterocycles. The lowest BCUT2D eigenvalue weighted by Crippen LogP contribution is -2.13. The molecule has 2 rings (SSSR count). The van der Waals surface area contributed by atoms with Gasteiger partial charge in [-0.3, -0.25) is 4.79 Å². The first-order valence-corrected chi connectivity index (χ1v) is 6.22. The Morgan fingerprint density at radius 1 is 1.16 bits per heavy atom. The van der Waals surface area contributed by atoms with Gasteiger partial charge in [-0.1, -0.05) is 23.7 Å². The van der Waals surface area contributed by atoms with Crippen LogP contribution in [0.1, 0.15) is 21.5 Å². The number of benzene rings is 2. The van der Waals surface area contributed by atoms with Crippen molar-refractivity contribution in [1.82, 2.24) is 0 Å². The summed E-state index contributed by atoms with van der Waals surface area (Å²) in [5.41, 5.74) is 2.96. The number of phenols is 1. The van der Waals surface area contributed by atoms with Gasteiger partial charge in [-0.05, 0) is 49.2 Å². The first kappa shape index (κ1) is 13.4. The molecule has 0 fully saturated rings. The summed E-state index contributed by atoms with van der Waals surface area (Å²) in [4.78, 5) is 12.1. The molecule has 3 nitrogen and oxygen atoms in total. The van der Waals surface area contributed by atoms with Crippen LogP contribution in [0.5, 0.6) is 5.75 Å². The number of carbonyl (C=O) groups is 1. The summed E-state index contributed by atoms with van der Waals surface area (Å²) in [7, 11) is 0. The molecule has 0 bridgehead atoms. The van der Waals surface area contributed by atoms with Crippen molar-refractivity contribution in [3.63, 3.8) is 0 Å². The standard InChI is InChI=1S/C15H14ClNO2/c1-9-3-4-10(2)13(7-9)17-15(19)12-6-5-11(16)8-14(12)18/h3-8,18H,1-2H3,(H,17,19). The van der Waals surface area contributed by atoms with Gasteiger partial charge < -0.3 is 10.4 Å². The van der Waals surface area contributed by atoms with E-state index in [4.69, 9.17) is 11.6 Å². The van der Waals surface area contributed by atoms with Crippen molar-refractivity contribution in [3.8, 4) is 5.75 Å². The maximum Gasteiger partial charge on any atom is 0.259 e. The molecule has 0 saturated carbocycles. The molecular formula is C15H14ClNO2. The number of rotatable bonds is 2. The molecule has 0 radical (unpaired) electrons. The SMILES string of the molecule is Cc1ccc(C)c(NC(=O)c2ccc(Cl)cc2O)c1. The number of nitrogens with one attached hydrogen (secondary N) is 1. The van der Waals surface area contributed by atoms with Crippen molar-refractivity contribution in [2.75, 3.05) is 5.32 Å². The van der Waals surface area contributed by atoms with Gasteiger partial charge in [0, 0.05) is 10.7 Å². The number of carbonyl (C=O) groups excluding carboxylic acids is 1. The van der Waals surface area contributed by atoms with E-state index in [2.05, 4.69) is 5.32 Å². The lowest BCUT2D eigenvalue weighted by Gasteiger charge is -2.10. The Labute approximate surface area is 116 Å². The monoisotopic (exact) mass is 275 g/mol. The molecule has 0 aliphatic heterocycles. The molecule has 0 spiro atoms. The van der Waals surface area contributed by atoms with Crippen LogP contribution in [0.25, 0.3) is 0 Å². The third kappa shape index (κ3) is 3.06. The van der Waals surface area contributed by atoms with Gasteiger partial charge in [-0.15, -0.1) is 0 Å². The predicted octanol–water partition coefficient (Wildman–Crippen LogP) is 3.91. The average molecular weight is 276 g/mol. The van der Waals surface area contributed by atoms with Gasteiger partial charge in [0.1, 0.15) is 5.75 Å². The highest BCUT2D eigenvalue weighted by Gasteiger charge is 2.12. The molecule has 0 atom stereocenters. The number of hydrogen-bond donors (Lipinski definition) is 2. The van der Waals surface area contributed by atoms with Gasteiger partial charge in [-0.25, -0.2) is 0 Å². The second kappa shape index (κ2) is 5.33. The van der Waals surface area contributed by atoms with Gasteiger partial charge in [0.05, 0.1) is 5.56 Å². The first-order chi connectivity index (χ1) is 8.97. The number of aryl methyl sites for hydroxylation is 2. The van der Waals surface area contributed by atoms with Crippen LogP contribution in [0, 0.1) is 13.8 Å². The summed E-state index contributed by atoms with van der Waals surface area (Å²) < 4.78 is 0. The molecule has 98 valence electrons. The van der Waals surface area contributed by atoms with E-state index >= 15 is 0 Å². The van der Waals surface area contributed by atoms with Crippen molar-refractivity contribution in [3.05, 3.63) is 58.1 Å². The van der Waals surface area contributed by atoms with Gasteiger partial charge in [0.15, 0.2) is 0 Å². The van der Waals surface area contributed by atoms with Crippen LogP contribution < -0.4 is 5.32 Å². The fourth-order valence-corrected chi connectivity index (χ4v) is 1.92. The third-order valence-electron chi connectivity index (χ3n) is 2.85. The first-order valence-electron chi connectivity index (χ1n) is 5.84. The Morgan fingerprint density at radius 2 is 1.89 bits per heavy atom. The van der Waals surface area contributed by atoms with Gasteiger partial charge >= 0.3 is 0 Å². The minimum atomic E-state index is -0.358. The van der Waals surface area contributed by atoms with E-state index in [0.717, 1.165) is 16.8 Å². The molecule has 4 heteroatoms. The molecule has 2 N–H and O–H groups in total. The Bertz CT molecular complexity index is 638. The zero-order valence-electron chi connectivity index (χ0n) is 10.7. The molecule has 19 heavy (non-hydrogen) atoms. The lowest BCUT2D eigenvalue weighted by atomic mass is 10.1. The Kier molecular flexibility index (Phi) is 3.76. The zero-order valence-corrected chi connectivity index (χ0v) is 11.5. The normalized spacial score (nSPS) is 10.3. The van der Waals surface area contributed by atoms with Crippen LogP contribution >= 0.6 is 11.6 Å². The number of anilines is 1. The van der Waals surface area contributed by atoms with Crippen molar-refractivity contribution >= 4 is 23.2 Å². The largest absolute Gasteiger partial charge is 0.507 e. The molecule has 2 aromatic carbocycles. The number of amides is 1. The smallest absolute Gasteiger partial charge is 0.259 e. The predicted molar refractivity (Wildman–Crippen MR) is 77.0 cm³/mol. The summed E-state index contributed by atoms with van der Waals surface area (Å²) >= 11 is 5.74. The fraction of sp³-hybridized carbons (Fsp3) is 0.133. The van der Waals surface area contributed by atoms with E-state index in [9.17, 15) is 9.90 Å². The molecule has 0 aromatic heterocycles. The maximum absolute atomic E-state index is 12.1. The average Bonchev–Trinajstić information content (AvgIpc) is 2.33. The molecular weight excluding hydrogens is 262 g/mol. The van der Waals surface area contributed by atoms with Crippen LogP contribution in [-0.4, -0.2) is 11.0 Å². The summed E-state index contributed by atoms with van der Waals surface area (Å²) in [5, 5.41) is 12.9. The summed E-state index contributed by atoms with van der Waals surface area (Å²) in [6, 6.07) is 10.2. The molecule has 0 aliphatic rings. The van der Waals surface area contributed by atoms with Gasteiger partial charge in [-0.2, -0.15) is 0 Å². The Morgan fingerprint density at radius 3 is 2.58 bits per heavy atom. The number of aromatic hydroxyl groups is 1. The van der Waals surface area contributed by atoms with Crippen molar-refractivity contribution < 1.29 is 9.90 Å². The van der Waals surface area contributed by atoms with Gasteiger partial charge in [0.25, 0.3) is 5.91 Å². The second-order valence-electron chi connectivity index (χ2n) is 4.43. The van der Waals surface area contributed by atoms with Gasteiger partial charge in [0.2, 0.25) is 0 Å². The highest BCUT2D eigenvalue weighted by atomic mass is 35.5. The van der Waals surface area contributed by atoms with E-state index < -0.39 is 0 Å². The Hall–Kier alpha value is -2.00. The van der Waals surface area contributed by atoms with E-state index in [-0.39, 0.29) is 17.2 Å². The number of phenolic OH excluding ortho intramolecular Hbond substituents is 1. The molecule has 2 aromatic rings. The number of halogens is 1. The maximum atomic E-state index is 12.1. The second-order valence-corrected chi connectivity index (χ2v) is 4.87. The van der Waals surface area contributed by atoms with Crippen LogP contribution in [0.2, 0.25) is 5.02 Å². The minimum Gasteiger partial charge on any atom is -0.507 e. The quantitative estimate of drug-likeness (QED) is 0.873. The van der Waals surface area contributed by atoms with Crippen LogP contribution in [0.15, 0.2) is 36.4 Å². The Balaban J connectivity index is 2.28. The van der Waals surface area contributed by atoms with Crippen molar-refractivity contribution in [2.24, 2.45) is 0 Å². The lowest BCUT2D eigenvalue weighted by molar-refractivity contribution is 0.102. The van der Waals surface area contributed by atoms with E-state index in [1.165, 1.54) is 12.1 Å². The summed E-state index contributed by atoms with van der Waals surface area (Å²) in [5.74, 6) is -0.488. The molecule has 0 unspecified atom stereocenters. The van der Waals surface area contributed by atoms with Crippen LogP contribution in [0.3, 0.4) is 0 Å². The van der Waals surface area contributed by atoms with Crippen LogP contribution in [0.4, 0.5) is 5.69 Å². The fourth-order valence-electron chi connectivity index (χ4n) is 1.76. The van der Waals surface area contributed by atoms with E-state index in [0.29, 0.717) is 5.02 Å². The summed E-state index contributed by atoms with van der Waals surface area (Å²) in [6.07, 6.45) is 0. The highest BCUT2D eigenvalue weighted by Crippen LogP contribution is 2.24. The summed E-state index contributed by atoms with van der Waals surface area (Å²) in [6.45, 7) is 3.87. The topological polar surface area (TPSA) is 49.3 Å².